The summed E-state index contributed by atoms with van der Waals surface area (Å²) in [5.41, 5.74) is 0. The zero-order valence-corrected chi connectivity index (χ0v) is 9.59. The molecule has 1 fully saturated rings. The molecule has 1 aromatic rings. The van der Waals surface area contributed by atoms with E-state index in [1.165, 1.54) is 19.3 Å². The Hall–Kier alpha value is -1.03. The maximum Gasteiger partial charge on any atom is 0.225 e. The van der Waals surface area contributed by atoms with Gasteiger partial charge in [-0.25, -0.2) is 4.98 Å². The fourth-order valence-electron chi connectivity index (χ4n) is 1.80. The minimum Gasteiger partial charge on any atom is -0.357 e. The Labute approximate surface area is 94.7 Å². The van der Waals surface area contributed by atoms with Crippen molar-refractivity contribution in [2.75, 3.05) is 30.4 Å². The molecule has 1 aliphatic rings. The van der Waals surface area contributed by atoms with Crippen molar-refractivity contribution in [1.29, 1.82) is 0 Å². The largest absolute Gasteiger partial charge is 0.357 e. The van der Waals surface area contributed by atoms with Crippen molar-refractivity contribution in [2.45, 2.75) is 19.3 Å². The summed E-state index contributed by atoms with van der Waals surface area (Å²) in [6, 6.07) is 1.83. The van der Waals surface area contributed by atoms with Crippen molar-refractivity contribution in [3.63, 3.8) is 0 Å². The van der Waals surface area contributed by atoms with Gasteiger partial charge in [0.15, 0.2) is 0 Å². The number of nitrogens with zero attached hydrogens (tertiary/aromatic N) is 3. The molecule has 0 radical (unpaired) electrons. The van der Waals surface area contributed by atoms with Gasteiger partial charge in [0.2, 0.25) is 5.95 Å². The highest BCUT2D eigenvalue weighted by Gasteiger charge is 2.13. The standard InChI is InChI=1S/C10H15ClN4/c1-12-10-13-8(11)7-9(14-10)15-5-3-2-4-6-15/h7H,2-6H2,1H3,(H,12,13,14). The molecule has 0 spiro atoms. The van der Waals surface area contributed by atoms with Crippen LogP contribution in [-0.2, 0) is 0 Å². The van der Waals surface area contributed by atoms with Gasteiger partial charge in [0, 0.05) is 26.2 Å². The number of aromatic nitrogens is 2. The van der Waals surface area contributed by atoms with Crippen LogP contribution in [0.15, 0.2) is 6.07 Å². The summed E-state index contributed by atoms with van der Waals surface area (Å²) in [6.07, 6.45) is 3.78. The first-order valence-electron chi connectivity index (χ1n) is 5.27. The van der Waals surface area contributed by atoms with Crippen LogP contribution >= 0.6 is 11.6 Å². The van der Waals surface area contributed by atoms with E-state index in [4.69, 9.17) is 11.6 Å². The van der Waals surface area contributed by atoms with Gasteiger partial charge in [-0.05, 0) is 19.3 Å². The molecule has 5 heteroatoms. The highest BCUT2D eigenvalue weighted by molar-refractivity contribution is 6.29. The molecule has 4 nitrogen and oxygen atoms in total. The number of hydrogen-bond donors (Lipinski definition) is 1. The summed E-state index contributed by atoms with van der Waals surface area (Å²) in [7, 11) is 1.80. The number of nitrogens with one attached hydrogen (secondary N) is 1. The van der Waals surface area contributed by atoms with Crippen LogP contribution in [0.2, 0.25) is 5.15 Å². The van der Waals surface area contributed by atoms with Crippen LogP contribution < -0.4 is 10.2 Å². The maximum atomic E-state index is 5.93. The van der Waals surface area contributed by atoms with Gasteiger partial charge in [0.25, 0.3) is 0 Å². The Morgan fingerprint density at radius 3 is 2.67 bits per heavy atom. The van der Waals surface area contributed by atoms with E-state index in [0.29, 0.717) is 11.1 Å². The number of hydrogen-bond acceptors (Lipinski definition) is 4. The molecule has 0 saturated carbocycles. The topological polar surface area (TPSA) is 41.1 Å². The zero-order valence-electron chi connectivity index (χ0n) is 8.83. The lowest BCUT2D eigenvalue weighted by atomic mass is 10.1. The van der Waals surface area contributed by atoms with Gasteiger partial charge in [0.05, 0.1) is 0 Å². The third kappa shape index (κ3) is 2.50. The summed E-state index contributed by atoms with van der Waals surface area (Å²) in [5.74, 6) is 1.52. The van der Waals surface area contributed by atoms with E-state index in [0.717, 1.165) is 18.9 Å². The monoisotopic (exact) mass is 226 g/mol. The van der Waals surface area contributed by atoms with Gasteiger partial charge in [-0.15, -0.1) is 0 Å². The second kappa shape index (κ2) is 4.66. The third-order valence-corrected chi connectivity index (χ3v) is 2.78. The number of rotatable bonds is 2. The first-order valence-corrected chi connectivity index (χ1v) is 5.64. The molecule has 0 unspecified atom stereocenters. The van der Waals surface area contributed by atoms with Crippen LogP contribution in [0.25, 0.3) is 0 Å². The fraction of sp³-hybridized carbons (Fsp3) is 0.600. The molecule has 1 aliphatic heterocycles. The molecule has 0 amide bonds. The first-order chi connectivity index (χ1) is 7.29. The molecule has 2 rings (SSSR count). The lowest BCUT2D eigenvalue weighted by Gasteiger charge is -2.27. The number of anilines is 2. The summed E-state index contributed by atoms with van der Waals surface area (Å²) < 4.78 is 0. The van der Waals surface area contributed by atoms with E-state index in [9.17, 15) is 0 Å². The normalized spacial score (nSPS) is 16.5. The van der Waals surface area contributed by atoms with Crippen LogP contribution in [0.5, 0.6) is 0 Å². The van der Waals surface area contributed by atoms with Gasteiger partial charge in [0.1, 0.15) is 11.0 Å². The van der Waals surface area contributed by atoms with E-state index in [1.54, 1.807) is 7.05 Å². The Kier molecular flexibility index (Phi) is 3.26. The van der Waals surface area contributed by atoms with Gasteiger partial charge < -0.3 is 10.2 Å². The van der Waals surface area contributed by atoms with E-state index in [-0.39, 0.29) is 0 Å². The van der Waals surface area contributed by atoms with Crippen molar-refractivity contribution in [1.82, 2.24) is 9.97 Å². The van der Waals surface area contributed by atoms with Crippen LogP contribution in [-0.4, -0.2) is 30.1 Å². The molecule has 2 heterocycles. The summed E-state index contributed by atoms with van der Waals surface area (Å²) in [6.45, 7) is 2.13. The van der Waals surface area contributed by atoms with Gasteiger partial charge in [-0.1, -0.05) is 11.6 Å². The Morgan fingerprint density at radius 1 is 1.27 bits per heavy atom. The average molecular weight is 227 g/mol. The minimum absolute atomic E-state index is 0.495. The van der Waals surface area contributed by atoms with Crippen molar-refractivity contribution in [3.8, 4) is 0 Å². The van der Waals surface area contributed by atoms with E-state index >= 15 is 0 Å². The number of halogens is 1. The smallest absolute Gasteiger partial charge is 0.225 e. The third-order valence-electron chi connectivity index (χ3n) is 2.59. The molecule has 0 aromatic carbocycles. The predicted molar refractivity (Wildman–Crippen MR) is 62.7 cm³/mol. The van der Waals surface area contributed by atoms with E-state index in [2.05, 4.69) is 20.2 Å². The SMILES string of the molecule is CNc1nc(Cl)cc(N2CCCCC2)n1. The lowest BCUT2D eigenvalue weighted by Crippen LogP contribution is -2.30. The summed E-state index contributed by atoms with van der Waals surface area (Å²) in [5, 5.41) is 3.41. The molecule has 82 valence electrons. The Balaban J connectivity index is 2.22. The average Bonchev–Trinajstić information content (AvgIpc) is 2.29. The van der Waals surface area contributed by atoms with Crippen LogP contribution in [0.1, 0.15) is 19.3 Å². The number of piperidine rings is 1. The molecule has 0 aliphatic carbocycles. The quantitative estimate of drug-likeness (QED) is 0.785. The second-order valence-corrected chi connectivity index (χ2v) is 4.06. The van der Waals surface area contributed by atoms with Gasteiger partial charge >= 0.3 is 0 Å². The molecular formula is C10H15ClN4. The predicted octanol–water partition coefficient (Wildman–Crippen LogP) is 2.16. The van der Waals surface area contributed by atoms with Gasteiger partial charge in [-0.2, -0.15) is 4.98 Å². The highest BCUT2D eigenvalue weighted by Crippen LogP contribution is 2.21. The highest BCUT2D eigenvalue weighted by atomic mass is 35.5. The first kappa shape index (κ1) is 10.5. The molecule has 1 aromatic heterocycles. The van der Waals surface area contributed by atoms with E-state index in [1.807, 2.05) is 6.07 Å². The van der Waals surface area contributed by atoms with Crippen LogP contribution in [0, 0.1) is 0 Å². The molecule has 0 bridgehead atoms. The fourth-order valence-corrected chi connectivity index (χ4v) is 1.98. The molecule has 0 atom stereocenters. The zero-order chi connectivity index (χ0) is 10.7. The van der Waals surface area contributed by atoms with Gasteiger partial charge in [-0.3, -0.25) is 0 Å². The molecule has 1 saturated heterocycles. The summed E-state index contributed by atoms with van der Waals surface area (Å²) in [4.78, 5) is 10.7. The van der Waals surface area contributed by atoms with Crippen LogP contribution in [0.3, 0.4) is 0 Å². The van der Waals surface area contributed by atoms with Crippen molar-refractivity contribution in [3.05, 3.63) is 11.2 Å². The van der Waals surface area contributed by atoms with Crippen molar-refractivity contribution < 1.29 is 0 Å². The van der Waals surface area contributed by atoms with E-state index < -0.39 is 0 Å². The lowest BCUT2D eigenvalue weighted by molar-refractivity contribution is 0.573. The van der Waals surface area contributed by atoms with Crippen molar-refractivity contribution in [2.24, 2.45) is 0 Å². The minimum atomic E-state index is 0.495. The Bertz CT molecular complexity index is 336. The molecule has 1 N–H and O–H groups in total. The Morgan fingerprint density at radius 2 is 2.00 bits per heavy atom. The maximum absolute atomic E-state index is 5.93. The summed E-state index contributed by atoms with van der Waals surface area (Å²) >= 11 is 5.93. The van der Waals surface area contributed by atoms with Crippen molar-refractivity contribution >= 4 is 23.4 Å². The second-order valence-electron chi connectivity index (χ2n) is 3.67. The molecular weight excluding hydrogens is 212 g/mol. The molecule has 15 heavy (non-hydrogen) atoms. The van der Waals surface area contributed by atoms with Crippen LogP contribution in [0.4, 0.5) is 11.8 Å².